The van der Waals surface area contributed by atoms with Gasteiger partial charge in [0.25, 0.3) is 0 Å². The van der Waals surface area contributed by atoms with Crippen LogP contribution in [0.1, 0.15) is 39.3 Å². The van der Waals surface area contributed by atoms with Crippen molar-refractivity contribution < 1.29 is 29.1 Å². The van der Waals surface area contributed by atoms with Crippen molar-refractivity contribution in [3.63, 3.8) is 0 Å². The van der Waals surface area contributed by atoms with Gasteiger partial charge in [0.1, 0.15) is 18.1 Å². The van der Waals surface area contributed by atoms with Gasteiger partial charge in [-0.05, 0) is 19.3 Å². The first-order chi connectivity index (χ1) is 14.9. The lowest BCUT2D eigenvalue weighted by Crippen LogP contribution is -2.57. The van der Waals surface area contributed by atoms with Gasteiger partial charge in [0.15, 0.2) is 0 Å². The number of amides is 4. The molecule has 0 saturated carbocycles. The minimum atomic E-state index is -1.44. The van der Waals surface area contributed by atoms with Crippen LogP contribution in [0.5, 0.6) is 0 Å². The molecule has 1 aromatic rings. The second-order valence-electron chi connectivity index (χ2n) is 7.88. The number of rotatable bonds is 13. The van der Waals surface area contributed by atoms with Crippen LogP contribution in [0.25, 0.3) is 0 Å². The Morgan fingerprint density at radius 2 is 1.66 bits per heavy atom. The molecule has 0 aromatic carbocycles. The molecule has 4 unspecified atom stereocenters. The molecule has 1 heterocycles. The van der Waals surface area contributed by atoms with E-state index in [4.69, 9.17) is 11.5 Å². The van der Waals surface area contributed by atoms with Crippen molar-refractivity contribution in [2.24, 2.45) is 17.4 Å². The van der Waals surface area contributed by atoms with E-state index in [1.54, 1.807) is 0 Å². The Kier molecular flexibility index (Phi) is 10.3. The first kappa shape index (κ1) is 26.6. The smallest absolute Gasteiger partial charge is 0.326 e. The van der Waals surface area contributed by atoms with Crippen LogP contribution < -0.4 is 27.4 Å². The van der Waals surface area contributed by atoms with E-state index in [2.05, 4.69) is 25.9 Å². The summed E-state index contributed by atoms with van der Waals surface area (Å²) in [5.74, 6) is -4.26. The monoisotopic (exact) mass is 453 g/mol. The number of aromatic nitrogens is 2. The van der Waals surface area contributed by atoms with Crippen LogP contribution in [0.4, 0.5) is 0 Å². The molecule has 1 rings (SSSR count). The van der Waals surface area contributed by atoms with E-state index in [0.29, 0.717) is 12.1 Å². The lowest BCUT2D eigenvalue weighted by Gasteiger charge is -2.23. The number of nitrogens with zero attached hydrogens (tertiary/aromatic N) is 1. The summed E-state index contributed by atoms with van der Waals surface area (Å²) in [4.78, 5) is 66.6. The van der Waals surface area contributed by atoms with Crippen LogP contribution in [-0.2, 0) is 30.4 Å². The van der Waals surface area contributed by atoms with Gasteiger partial charge in [-0.15, -0.1) is 0 Å². The number of H-pyrrole nitrogens is 1. The van der Waals surface area contributed by atoms with Gasteiger partial charge in [0, 0.05) is 18.3 Å². The van der Waals surface area contributed by atoms with Gasteiger partial charge in [-0.2, -0.15) is 0 Å². The minimum Gasteiger partial charge on any atom is -0.480 e. The average molecular weight is 454 g/mol. The first-order valence-electron chi connectivity index (χ1n) is 10.1. The molecule has 9 N–H and O–H groups in total. The number of aromatic amines is 1. The Morgan fingerprint density at radius 3 is 2.16 bits per heavy atom. The number of hydrogen-bond donors (Lipinski definition) is 7. The second kappa shape index (κ2) is 12.4. The molecule has 0 bridgehead atoms. The standard InChI is InChI=1S/C19H31N7O6/c1-9(2)4-12(20)17(29)24-10(3)16(28)25-13(6-15(21)27)18(30)26-14(19(31)32)5-11-7-22-8-23-11/h7-10,12-14H,4-6,20H2,1-3H3,(H2,21,27)(H,22,23)(H,24,29)(H,25,28)(H,26,30)(H,31,32). The molecule has 1 aromatic heterocycles. The molecule has 0 aliphatic heterocycles. The zero-order chi connectivity index (χ0) is 24.4. The Morgan fingerprint density at radius 1 is 1.03 bits per heavy atom. The van der Waals surface area contributed by atoms with Gasteiger partial charge < -0.3 is 37.5 Å². The number of primary amides is 1. The molecular formula is C19H31N7O6. The normalized spacial score (nSPS) is 14.7. The summed E-state index contributed by atoms with van der Waals surface area (Å²) >= 11 is 0. The number of imidazole rings is 1. The van der Waals surface area contributed by atoms with Gasteiger partial charge in [0.2, 0.25) is 23.6 Å². The zero-order valence-electron chi connectivity index (χ0n) is 18.3. The number of hydrogen-bond acceptors (Lipinski definition) is 7. The molecule has 0 spiro atoms. The fourth-order valence-electron chi connectivity index (χ4n) is 2.80. The van der Waals surface area contributed by atoms with Crippen molar-refractivity contribution in [3.05, 3.63) is 18.2 Å². The van der Waals surface area contributed by atoms with Crippen molar-refractivity contribution in [2.75, 3.05) is 0 Å². The minimum absolute atomic E-state index is 0.0987. The number of aliphatic carboxylic acids is 1. The second-order valence-corrected chi connectivity index (χ2v) is 7.88. The van der Waals surface area contributed by atoms with Crippen molar-refractivity contribution >= 4 is 29.6 Å². The predicted octanol–water partition coefficient (Wildman–Crippen LogP) is -2.24. The molecule has 13 nitrogen and oxygen atoms in total. The maximum absolute atomic E-state index is 12.6. The Hall–Kier alpha value is -3.48. The van der Waals surface area contributed by atoms with Crippen molar-refractivity contribution in [1.82, 2.24) is 25.9 Å². The van der Waals surface area contributed by atoms with E-state index in [1.165, 1.54) is 19.4 Å². The Balaban J connectivity index is 2.80. The molecule has 4 amide bonds. The number of carboxylic acids is 1. The molecule has 0 aliphatic carbocycles. The molecule has 13 heteroatoms. The van der Waals surface area contributed by atoms with Crippen molar-refractivity contribution in [3.8, 4) is 0 Å². The highest BCUT2D eigenvalue weighted by atomic mass is 16.4. The molecule has 32 heavy (non-hydrogen) atoms. The quantitative estimate of drug-likeness (QED) is 0.172. The van der Waals surface area contributed by atoms with E-state index in [9.17, 15) is 29.1 Å². The lowest BCUT2D eigenvalue weighted by molar-refractivity contribution is -0.142. The van der Waals surface area contributed by atoms with E-state index in [1.807, 2.05) is 13.8 Å². The summed E-state index contributed by atoms with van der Waals surface area (Å²) in [5, 5.41) is 16.4. The van der Waals surface area contributed by atoms with Crippen molar-refractivity contribution in [1.29, 1.82) is 0 Å². The summed E-state index contributed by atoms with van der Waals surface area (Å²) in [6, 6.07) is -4.66. The van der Waals surface area contributed by atoms with Crippen LogP contribution in [0.3, 0.4) is 0 Å². The molecule has 0 saturated heterocycles. The highest BCUT2D eigenvalue weighted by Gasteiger charge is 2.30. The SMILES string of the molecule is CC(C)CC(N)C(=O)NC(C)C(=O)NC(CC(N)=O)C(=O)NC(Cc1cnc[nH]1)C(=O)O. The van der Waals surface area contributed by atoms with Gasteiger partial charge in [0.05, 0.1) is 18.8 Å². The van der Waals surface area contributed by atoms with E-state index < -0.39 is 60.2 Å². The van der Waals surface area contributed by atoms with Crippen LogP contribution in [0.2, 0.25) is 0 Å². The molecule has 0 aliphatic rings. The maximum atomic E-state index is 12.6. The summed E-state index contributed by atoms with van der Waals surface area (Å²) in [7, 11) is 0. The molecule has 4 atom stereocenters. The van der Waals surface area contributed by atoms with Gasteiger partial charge in [-0.25, -0.2) is 9.78 Å². The van der Waals surface area contributed by atoms with Crippen LogP contribution in [0, 0.1) is 5.92 Å². The third-order valence-corrected chi connectivity index (χ3v) is 4.45. The third kappa shape index (κ3) is 9.12. The number of nitrogens with two attached hydrogens (primary N) is 2. The van der Waals surface area contributed by atoms with Gasteiger partial charge >= 0.3 is 5.97 Å². The molecule has 0 fully saturated rings. The summed E-state index contributed by atoms with van der Waals surface area (Å²) < 4.78 is 0. The van der Waals surface area contributed by atoms with E-state index in [0.717, 1.165) is 0 Å². The summed E-state index contributed by atoms with van der Waals surface area (Å²) in [6.45, 7) is 5.17. The number of carboxylic acid groups (broad SMARTS) is 1. The average Bonchev–Trinajstić information content (AvgIpc) is 3.18. The van der Waals surface area contributed by atoms with Crippen molar-refractivity contribution in [2.45, 2.75) is 64.2 Å². The highest BCUT2D eigenvalue weighted by Crippen LogP contribution is 2.04. The van der Waals surface area contributed by atoms with E-state index >= 15 is 0 Å². The number of nitrogens with one attached hydrogen (secondary N) is 4. The van der Waals surface area contributed by atoms with Gasteiger partial charge in [-0.1, -0.05) is 13.8 Å². The lowest BCUT2D eigenvalue weighted by atomic mass is 10.0. The fourth-order valence-corrected chi connectivity index (χ4v) is 2.80. The molecular weight excluding hydrogens is 422 g/mol. The van der Waals surface area contributed by atoms with Crippen LogP contribution in [0.15, 0.2) is 12.5 Å². The number of carbonyl (C=O) groups is 5. The van der Waals surface area contributed by atoms with Crippen LogP contribution in [-0.4, -0.2) is 68.8 Å². The predicted molar refractivity (Wildman–Crippen MR) is 113 cm³/mol. The van der Waals surface area contributed by atoms with Gasteiger partial charge in [-0.3, -0.25) is 19.2 Å². The number of carbonyl (C=O) groups excluding carboxylic acids is 4. The zero-order valence-corrected chi connectivity index (χ0v) is 18.3. The fraction of sp³-hybridized carbons (Fsp3) is 0.579. The Bertz CT molecular complexity index is 811. The third-order valence-electron chi connectivity index (χ3n) is 4.45. The summed E-state index contributed by atoms with van der Waals surface area (Å²) in [5.41, 5.74) is 11.4. The maximum Gasteiger partial charge on any atom is 0.326 e. The van der Waals surface area contributed by atoms with Crippen LogP contribution >= 0.6 is 0 Å². The molecule has 178 valence electrons. The van der Waals surface area contributed by atoms with E-state index in [-0.39, 0.29) is 12.3 Å². The topological polar surface area (TPSA) is 222 Å². The summed E-state index contributed by atoms with van der Waals surface area (Å²) in [6.07, 6.45) is 2.51. The highest BCUT2D eigenvalue weighted by molar-refractivity contribution is 5.95. The Labute approximate surface area is 185 Å². The molecule has 0 radical (unpaired) electrons. The first-order valence-corrected chi connectivity index (χ1v) is 10.1. The largest absolute Gasteiger partial charge is 0.480 e.